The molecule has 0 radical (unpaired) electrons. The Hall–Kier alpha value is -3.45. The van der Waals surface area contributed by atoms with Crippen molar-refractivity contribution in [2.24, 2.45) is 0 Å². The maximum atomic E-state index is 13.5. The number of carbonyl (C=O) groups is 1. The Morgan fingerprint density at radius 3 is 2.43 bits per heavy atom. The minimum Gasteiger partial charge on any atom is -0.320 e. The first-order valence-electron chi connectivity index (χ1n) is 9.91. The Morgan fingerprint density at radius 1 is 1.11 bits per heavy atom. The molecule has 0 fully saturated rings. The zero-order valence-corrected chi connectivity index (χ0v) is 20.5. The van der Waals surface area contributed by atoms with Crippen LogP contribution in [-0.4, -0.2) is 25.4 Å². The molecule has 1 amide bonds. The lowest BCUT2D eigenvalue weighted by atomic mass is 10.2. The van der Waals surface area contributed by atoms with Crippen LogP contribution in [0.3, 0.4) is 0 Å². The van der Waals surface area contributed by atoms with E-state index in [4.69, 9.17) is 0 Å². The van der Waals surface area contributed by atoms with E-state index in [2.05, 4.69) is 31.3 Å². The smallest absolute Gasteiger partial charge is 0.320 e. The van der Waals surface area contributed by atoms with Gasteiger partial charge >= 0.3 is 6.18 Å². The van der Waals surface area contributed by atoms with E-state index in [0.29, 0.717) is 9.41 Å². The van der Waals surface area contributed by atoms with E-state index >= 15 is 0 Å². The molecule has 13 heteroatoms. The van der Waals surface area contributed by atoms with Crippen LogP contribution in [0, 0.1) is 24.0 Å². The number of alkyl halides is 3. The predicted molar refractivity (Wildman–Crippen MR) is 127 cm³/mol. The number of fused-ring (bicyclic) bond motifs is 1. The van der Waals surface area contributed by atoms with Gasteiger partial charge in [0.25, 0.3) is 11.6 Å². The van der Waals surface area contributed by atoms with Crippen LogP contribution in [0.5, 0.6) is 0 Å². The number of nitro benzene ring substituents is 1. The highest BCUT2D eigenvalue weighted by Crippen LogP contribution is 2.35. The Bertz CT molecular complexity index is 1470. The van der Waals surface area contributed by atoms with E-state index in [9.17, 15) is 28.1 Å². The molecule has 0 unspecified atom stereocenters. The number of hydrogen-bond acceptors (Lipinski definition) is 6. The summed E-state index contributed by atoms with van der Waals surface area (Å²) in [5, 5.41) is 17.7. The molecule has 0 saturated carbocycles. The topological polar surface area (TPSA) is 102 Å². The highest BCUT2D eigenvalue weighted by atomic mass is 79.9. The van der Waals surface area contributed by atoms with E-state index in [1.54, 1.807) is 0 Å². The molecule has 0 spiro atoms. The molecule has 35 heavy (non-hydrogen) atoms. The average Bonchev–Trinajstić information content (AvgIpc) is 3.10. The standard InChI is InChI=1S/C22H15BrF3N5O3S/c1-11-3-5-15(6-4-11)35-16-9-13(8-14(10-16)31(33)34)28-21(32)19-18(23)20-27-12(2)7-17(22(24,25)26)30(20)29-19/h3-10H,1-2H3,(H,28,32). The molecule has 180 valence electrons. The van der Waals surface area contributed by atoms with Gasteiger partial charge < -0.3 is 5.32 Å². The Balaban J connectivity index is 1.70. The molecule has 4 rings (SSSR count). The van der Waals surface area contributed by atoms with Crippen molar-refractivity contribution >= 4 is 50.6 Å². The molecule has 0 aliphatic rings. The van der Waals surface area contributed by atoms with Gasteiger partial charge in [-0.1, -0.05) is 29.5 Å². The lowest BCUT2D eigenvalue weighted by molar-refractivity contribution is -0.385. The van der Waals surface area contributed by atoms with Crippen LogP contribution in [0.25, 0.3) is 5.65 Å². The van der Waals surface area contributed by atoms with Gasteiger partial charge in [-0.25, -0.2) is 9.50 Å². The first kappa shape index (κ1) is 24.7. The van der Waals surface area contributed by atoms with Gasteiger partial charge in [0.15, 0.2) is 11.3 Å². The first-order valence-corrected chi connectivity index (χ1v) is 11.5. The lowest BCUT2D eigenvalue weighted by Crippen LogP contribution is -2.16. The van der Waals surface area contributed by atoms with Crippen LogP contribution < -0.4 is 5.32 Å². The zero-order valence-electron chi connectivity index (χ0n) is 18.1. The average molecular weight is 566 g/mol. The quantitative estimate of drug-likeness (QED) is 0.220. The van der Waals surface area contributed by atoms with Crippen molar-refractivity contribution in [3.8, 4) is 0 Å². The summed E-state index contributed by atoms with van der Waals surface area (Å²) >= 11 is 4.38. The molecule has 2 aromatic heterocycles. The van der Waals surface area contributed by atoms with Crippen LogP contribution >= 0.6 is 27.7 Å². The zero-order chi connectivity index (χ0) is 25.5. The number of hydrogen-bond donors (Lipinski definition) is 1. The summed E-state index contributed by atoms with van der Waals surface area (Å²) in [6, 6.07) is 12.4. The summed E-state index contributed by atoms with van der Waals surface area (Å²) < 4.78 is 40.9. The summed E-state index contributed by atoms with van der Waals surface area (Å²) in [7, 11) is 0. The highest BCUT2D eigenvalue weighted by Gasteiger charge is 2.36. The number of rotatable bonds is 5. The van der Waals surface area contributed by atoms with Gasteiger partial charge in [0.2, 0.25) is 0 Å². The molecular weight excluding hydrogens is 551 g/mol. The van der Waals surface area contributed by atoms with Gasteiger partial charge in [0.1, 0.15) is 5.69 Å². The largest absolute Gasteiger partial charge is 0.433 e. The number of nitrogens with one attached hydrogen (secondary N) is 1. The van der Waals surface area contributed by atoms with Crippen molar-refractivity contribution in [1.82, 2.24) is 14.6 Å². The summed E-state index contributed by atoms with van der Waals surface area (Å²) in [6.07, 6.45) is -4.73. The van der Waals surface area contributed by atoms with E-state index in [0.717, 1.165) is 22.6 Å². The van der Waals surface area contributed by atoms with E-state index in [1.165, 1.54) is 30.8 Å². The van der Waals surface area contributed by atoms with Gasteiger partial charge in [-0.3, -0.25) is 14.9 Å². The fourth-order valence-electron chi connectivity index (χ4n) is 3.21. The second-order valence-corrected chi connectivity index (χ2v) is 9.46. The first-order chi connectivity index (χ1) is 16.4. The number of nitro groups is 1. The van der Waals surface area contributed by atoms with Crippen molar-refractivity contribution in [3.05, 3.63) is 85.8 Å². The van der Waals surface area contributed by atoms with E-state index in [1.807, 2.05) is 31.2 Å². The third-order valence-electron chi connectivity index (χ3n) is 4.78. The fraction of sp³-hybridized carbons (Fsp3) is 0.136. The molecule has 4 aromatic rings. The number of aromatic nitrogens is 3. The Labute approximate surface area is 208 Å². The molecule has 0 saturated heterocycles. The number of aryl methyl sites for hydroxylation is 2. The fourth-order valence-corrected chi connectivity index (χ4v) is 4.64. The van der Waals surface area contributed by atoms with Crippen molar-refractivity contribution in [2.75, 3.05) is 5.32 Å². The van der Waals surface area contributed by atoms with Crippen molar-refractivity contribution in [2.45, 2.75) is 29.8 Å². The highest BCUT2D eigenvalue weighted by molar-refractivity contribution is 9.10. The van der Waals surface area contributed by atoms with E-state index in [-0.39, 0.29) is 32.9 Å². The summed E-state index contributed by atoms with van der Waals surface area (Å²) in [4.78, 5) is 29.1. The Morgan fingerprint density at radius 2 is 1.80 bits per heavy atom. The van der Waals surface area contributed by atoms with Crippen LogP contribution in [-0.2, 0) is 6.18 Å². The normalized spacial score (nSPS) is 11.6. The molecule has 0 aliphatic carbocycles. The van der Waals surface area contributed by atoms with Crippen molar-refractivity contribution in [1.29, 1.82) is 0 Å². The minimum atomic E-state index is -4.73. The molecule has 8 nitrogen and oxygen atoms in total. The van der Waals surface area contributed by atoms with Crippen molar-refractivity contribution in [3.63, 3.8) is 0 Å². The van der Waals surface area contributed by atoms with Gasteiger partial charge in [0.05, 0.1) is 9.40 Å². The number of nitrogens with zero attached hydrogens (tertiary/aromatic N) is 4. The number of amides is 1. The number of anilines is 1. The molecule has 0 aliphatic heterocycles. The number of benzene rings is 2. The summed E-state index contributed by atoms with van der Waals surface area (Å²) in [5.74, 6) is -0.861. The monoisotopic (exact) mass is 565 g/mol. The Kier molecular flexibility index (Phi) is 6.56. The molecule has 0 atom stereocenters. The molecule has 0 bridgehead atoms. The van der Waals surface area contributed by atoms with Crippen LogP contribution in [0.1, 0.15) is 27.4 Å². The maximum Gasteiger partial charge on any atom is 0.433 e. The predicted octanol–water partition coefficient (Wildman–Crippen LogP) is 6.44. The summed E-state index contributed by atoms with van der Waals surface area (Å²) in [5.41, 5.74) is -0.658. The molecule has 1 N–H and O–H groups in total. The second kappa shape index (κ2) is 9.30. The SMILES string of the molecule is Cc1ccc(Sc2cc(NC(=O)c3nn4c(C(F)(F)F)cc(C)nc4c3Br)cc([N+](=O)[O-])c2)cc1. The van der Waals surface area contributed by atoms with E-state index < -0.39 is 22.7 Å². The third kappa shape index (κ3) is 5.30. The second-order valence-electron chi connectivity index (χ2n) is 7.52. The maximum absolute atomic E-state index is 13.5. The van der Waals surface area contributed by atoms with Crippen LogP contribution in [0.15, 0.2) is 62.8 Å². The molecule has 2 heterocycles. The van der Waals surface area contributed by atoms with Gasteiger partial charge in [-0.15, -0.1) is 0 Å². The summed E-state index contributed by atoms with van der Waals surface area (Å²) in [6.45, 7) is 3.33. The van der Waals surface area contributed by atoms with Gasteiger partial charge in [-0.05, 0) is 54.0 Å². The van der Waals surface area contributed by atoms with Crippen LogP contribution in [0.2, 0.25) is 0 Å². The number of halogens is 4. The molecular formula is C22H15BrF3N5O3S. The van der Waals surface area contributed by atoms with Crippen molar-refractivity contribution < 1.29 is 22.9 Å². The third-order valence-corrected chi connectivity index (χ3v) is 6.49. The molecule has 2 aromatic carbocycles. The number of carbonyl (C=O) groups excluding carboxylic acids is 1. The van der Waals surface area contributed by atoms with Gasteiger partial charge in [0, 0.05) is 33.3 Å². The van der Waals surface area contributed by atoms with Crippen LogP contribution in [0.4, 0.5) is 24.5 Å². The number of non-ortho nitro benzene ring substituents is 1. The lowest BCUT2D eigenvalue weighted by Gasteiger charge is -2.09. The minimum absolute atomic E-state index is 0.0381. The van der Waals surface area contributed by atoms with Gasteiger partial charge in [-0.2, -0.15) is 18.3 Å².